The van der Waals surface area contributed by atoms with E-state index in [0.29, 0.717) is 31.5 Å². The molecule has 3 N–H and O–H groups in total. The molecule has 1 aliphatic carbocycles. The molecule has 8 nitrogen and oxygen atoms in total. The Labute approximate surface area is 179 Å². The smallest absolute Gasteiger partial charge is 0.334 e. The summed E-state index contributed by atoms with van der Waals surface area (Å²) in [4.78, 5) is 16.0. The average Bonchev–Trinajstić information content (AvgIpc) is 2.73. The van der Waals surface area contributed by atoms with Crippen molar-refractivity contribution in [2.24, 2.45) is 0 Å². The molecule has 31 heavy (non-hydrogen) atoms. The Morgan fingerprint density at radius 3 is 2.65 bits per heavy atom. The molecule has 1 aromatic heterocycles. The topological polar surface area (TPSA) is 109 Å². The quantitative estimate of drug-likeness (QED) is 0.567. The molecule has 168 valence electrons. The summed E-state index contributed by atoms with van der Waals surface area (Å²) in [6, 6.07) is 8.37. The number of pyridine rings is 1. The third-order valence-corrected chi connectivity index (χ3v) is 6.38. The highest BCUT2D eigenvalue weighted by molar-refractivity contribution is 7.89. The van der Waals surface area contributed by atoms with Crippen LogP contribution in [0.1, 0.15) is 31.2 Å². The third kappa shape index (κ3) is 7.23. The first-order chi connectivity index (χ1) is 14.8. The van der Waals surface area contributed by atoms with Crippen molar-refractivity contribution in [3.63, 3.8) is 0 Å². The standard InChI is InChI=1S/C20H24F2N4O4S/c21-19(22)30-17-5-1-4-16(11-17)26-31(28,29)18-8-6-15(7-9-18)25-20(27)24-13-14-3-2-10-23-12-14/h2-3,6-10,12,16-17,19,26H,1,4-5,11,13H2,(H2,24,25,27). The molecule has 0 saturated heterocycles. The molecule has 0 aliphatic heterocycles. The van der Waals surface area contributed by atoms with Crippen molar-refractivity contribution in [3.8, 4) is 0 Å². The number of hydrogen-bond donors (Lipinski definition) is 3. The molecular formula is C20H24F2N4O4S. The Morgan fingerprint density at radius 2 is 1.97 bits per heavy atom. The number of aromatic nitrogens is 1. The zero-order valence-corrected chi connectivity index (χ0v) is 17.4. The Balaban J connectivity index is 1.52. The van der Waals surface area contributed by atoms with E-state index in [1.54, 1.807) is 18.5 Å². The van der Waals surface area contributed by atoms with Gasteiger partial charge in [0.2, 0.25) is 10.0 Å². The number of sulfonamides is 1. The lowest BCUT2D eigenvalue weighted by molar-refractivity contribution is -0.170. The number of amides is 2. The van der Waals surface area contributed by atoms with E-state index in [4.69, 9.17) is 0 Å². The molecule has 1 saturated carbocycles. The van der Waals surface area contributed by atoms with Gasteiger partial charge in [-0.1, -0.05) is 6.07 Å². The maximum absolute atomic E-state index is 12.6. The second kappa shape index (κ2) is 10.6. The van der Waals surface area contributed by atoms with Crippen molar-refractivity contribution >= 4 is 21.7 Å². The number of anilines is 1. The van der Waals surface area contributed by atoms with E-state index >= 15 is 0 Å². The fraction of sp³-hybridized carbons (Fsp3) is 0.400. The van der Waals surface area contributed by atoms with Crippen LogP contribution < -0.4 is 15.4 Å². The van der Waals surface area contributed by atoms with Gasteiger partial charge in [0.05, 0.1) is 11.0 Å². The van der Waals surface area contributed by atoms with E-state index in [1.165, 1.54) is 24.3 Å². The molecule has 1 aliphatic rings. The second-order valence-corrected chi connectivity index (χ2v) is 8.91. The number of halogens is 2. The fourth-order valence-electron chi connectivity index (χ4n) is 3.39. The van der Waals surface area contributed by atoms with Crippen LogP contribution in [-0.4, -0.2) is 38.2 Å². The summed E-state index contributed by atoms with van der Waals surface area (Å²) in [6.07, 6.45) is 4.43. The van der Waals surface area contributed by atoms with E-state index in [2.05, 4.69) is 25.1 Å². The third-order valence-electron chi connectivity index (χ3n) is 4.84. The van der Waals surface area contributed by atoms with Crippen molar-refractivity contribution in [3.05, 3.63) is 54.4 Å². The minimum atomic E-state index is -3.83. The number of ether oxygens (including phenoxy) is 1. The lowest BCUT2D eigenvalue weighted by atomic mass is 9.94. The monoisotopic (exact) mass is 454 g/mol. The van der Waals surface area contributed by atoms with Gasteiger partial charge in [0.1, 0.15) is 0 Å². The molecule has 0 spiro atoms. The Hall–Kier alpha value is -2.63. The van der Waals surface area contributed by atoms with E-state index in [9.17, 15) is 22.0 Å². The first-order valence-electron chi connectivity index (χ1n) is 9.81. The highest BCUT2D eigenvalue weighted by atomic mass is 32.2. The molecule has 11 heteroatoms. The van der Waals surface area contributed by atoms with Gasteiger partial charge in [-0.2, -0.15) is 8.78 Å². The van der Waals surface area contributed by atoms with E-state index < -0.39 is 34.8 Å². The first-order valence-corrected chi connectivity index (χ1v) is 11.3. The number of carbonyl (C=O) groups excluding carboxylic acids is 1. The van der Waals surface area contributed by atoms with Crippen molar-refractivity contribution in [2.45, 2.75) is 55.9 Å². The van der Waals surface area contributed by atoms with Crippen LogP contribution in [0.3, 0.4) is 0 Å². The van der Waals surface area contributed by atoms with Gasteiger partial charge >= 0.3 is 12.6 Å². The number of alkyl halides is 2. The molecule has 1 aromatic carbocycles. The number of carbonyl (C=O) groups is 1. The summed E-state index contributed by atoms with van der Waals surface area (Å²) in [7, 11) is -3.83. The Bertz CT molecular complexity index is 959. The van der Waals surface area contributed by atoms with Gasteiger partial charge < -0.3 is 15.4 Å². The molecule has 2 aromatic rings. The van der Waals surface area contributed by atoms with Crippen LogP contribution in [0.15, 0.2) is 53.7 Å². The van der Waals surface area contributed by atoms with Crippen LogP contribution in [0.4, 0.5) is 19.3 Å². The lowest BCUT2D eigenvalue weighted by Crippen LogP contribution is -2.40. The minimum absolute atomic E-state index is 0.0192. The van der Waals surface area contributed by atoms with E-state index in [0.717, 1.165) is 5.56 Å². The molecule has 0 radical (unpaired) electrons. The highest BCUT2D eigenvalue weighted by Crippen LogP contribution is 2.24. The molecule has 2 unspecified atom stereocenters. The first kappa shape index (κ1) is 23.0. The minimum Gasteiger partial charge on any atom is -0.334 e. The number of nitrogens with zero attached hydrogens (tertiary/aromatic N) is 1. The van der Waals surface area contributed by atoms with Gasteiger partial charge in [-0.15, -0.1) is 0 Å². The zero-order valence-electron chi connectivity index (χ0n) is 16.6. The summed E-state index contributed by atoms with van der Waals surface area (Å²) in [5.41, 5.74) is 1.26. The van der Waals surface area contributed by atoms with Crippen molar-refractivity contribution in [2.75, 3.05) is 5.32 Å². The molecular weight excluding hydrogens is 430 g/mol. The summed E-state index contributed by atoms with van der Waals surface area (Å²) in [5.74, 6) is 0. The summed E-state index contributed by atoms with van der Waals surface area (Å²) in [5, 5.41) is 5.30. The summed E-state index contributed by atoms with van der Waals surface area (Å²) in [6.45, 7) is -2.57. The van der Waals surface area contributed by atoms with Crippen LogP contribution in [0, 0.1) is 0 Å². The summed E-state index contributed by atoms with van der Waals surface area (Å²) >= 11 is 0. The maximum atomic E-state index is 12.6. The van der Waals surface area contributed by atoms with Gasteiger partial charge in [-0.05, 0) is 61.6 Å². The van der Waals surface area contributed by atoms with Crippen LogP contribution in [-0.2, 0) is 21.3 Å². The molecule has 0 bridgehead atoms. The number of benzene rings is 1. The highest BCUT2D eigenvalue weighted by Gasteiger charge is 2.28. The number of hydrogen-bond acceptors (Lipinski definition) is 5. The van der Waals surface area contributed by atoms with Gasteiger partial charge in [-0.3, -0.25) is 4.98 Å². The predicted octanol–water partition coefficient (Wildman–Crippen LogP) is 3.23. The molecule has 2 amide bonds. The molecule has 1 fully saturated rings. The lowest BCUT2D eigenvalue weighted by Gasteiger charge is -2.29. The van der Waals surface area contributed by atoms with Gasteiger partial charge in [0.25, 0.3) is 0 Å². The summed E-state index contributed by atoms with van der Waals surface area (Å²) < 4.78 is 57.1. The Kier molecular flexibility index (Phi) is 7.88. The van der Waals surface area contributed by atoms with Crippen LogP contribution in [0.2, 0.25) is 0 Å². The normalized spacial score (nSPS) is 19.2. The predicted molar refractivity (Wildman–Crippen MR) is 110 cm³/mol. The van der Waals surface area contributed by atoms with Gasteiger partial charge in [-0.25, -0.2) is 17.9 Å². The van der Waals surface area contributed by atoms with Crippen LogP contribution in [0.25, 0.3) is 0 Å². The second-order valence-electron chi connectivity index (χ2n) is 7.20. The SMILES string of the molecule is O=C(NCc1cccnc1)Nc1ccc(S(=O)(=O)NC2CCCC(OC(F)F)C2)cc1. The largest absolute Gasteiger partial charge is 0.345 e. The van der Waals surface area contributed by atoms with Crippen molar-refractivity contribution < 1.29 is 26.7 Å². The number of rotatable bonds is 8. The zero-order chi connectivity index (χ0) is 22.3. The molecule has 1 heterocycles. The van der Waals surface area contributed by atoms with Crippen LogP contribution >= 0.6 is 0 Å². The number of urea groups is 1. The van der Waals surface area contributed by atoms with E-state index in [-0.39, 0.29) is 11.3 Å². The fourth-order valence-corrected chi connectivity index (χ4v) is 4.67. The molecule has 2 atom stereocenters. The number of nitrogens with one attached hydrogen (secondary N) is 3. The maximum Gasteiger partial charge on any atom is 0.345 e. The van der Waals surface area contributed by atoms with Crippen LogP contribution in [0.5, 0.6) is 0 Å². The van der Waals surface area contributed by atoms with Gasteiger partial charge in [0.15, 0.2) is 0 Å². The van der Waals surface area contributed by atoms with Crippen molar-refractivity contribution in [1.82, 2.24) is 15.0 Å². The molecule has 3 rings (SSSR count). The Morgan fingerprint density at radius 1 is 1.19 bits per heavy atom. The van der Waals surface area contributed by atoms with Gasteiger partial charge in [0, 0.05) is 30.7 Å². The average molecular weight is 454 g/mol. The van der Waals surface area contributed by atoms with E-state index in [1.807, 2.05) is 6.07 Å². The van der Waals surface area contributed by atoms with Crippen molar-refractivity contribution in [1.29, 1.82) is 0 Å².